The van der Waals surface area contributed by atoms with Crippen LogP contribution in [0.3, 0.4) is 0 Å². The minimum Gasteiger partial charge on any atom is -0.469 e. The van der Waals surface area contributed by atoms with Crippen LogP contribution in [0.1, 0.15) is 44.9 Å². The second kappa shape index (κ2) is 5.83. The topological polar surface area (TPSA) is 50.7 Å². The van der Waals surface area contributed by atoms with Gasteiger partial charge in [-0.05, 0) is 44.9 Å². The first-order chi connectivity index (χ1) is 8.69. The molecule has 2 saturated carbocycles. The fraction of sp³-hybridized carbons (Fsp3) is 0.857. The summed E-state index contributed by atoms with van der Waals surface area (Å²) in [4.78, 5) is 15.7. The Balaban J connectivity index is 1.81. The van der Waals surface area contributed by atoms with Gasteiger partial charge in [-0.15, -0.1) is 0 Å². The zero-order valence-corrected chi connectivity index (χ0v) is 11.4. The van der Waals surface area contributed by atoms with Crippen molar-refractivity contribution in [1.82, 2.24) is 5.32 Å². The van der Waals surface area contributed by atoms with Gasteiger partial charge in [0.25, 0.3) is 0 Å². The molecule has 2 aliphatic rings. The molecule has 0 spiro atoms. The van der Waals surface area contributed by atoms with Crippen LogP contribution in [0.2, 0.25) is 0 Å². The Morgan fingerprint density at radius 1 is 1.33 bits per heavy atom. The highest BCUT2D eigenvalue weighted by molar-refractivity contribution is 5.72. The third kappa shape index (κ3) is 2.91. The molecule has 1 N–H and O–H groups in total. The van der Waals surface area contributed by atoms with Crippen LogP contribution in [0, 0.1) is 5.92 Å². The van der Waals surface area contributed by atoms with Crippen molar-refractivity contribution >= 4 is 12.2 Å². The second-order valence-corrected chi connectivity index (χ2v) is 5.61. The minimum absolute atomic E-state index is 0.0399. The summed E-state index contributed by atoms with van der Waals surface area (Å²) in [6.07, 6.45) is 9.79. The number of carbonyl (C=O) groups excluding carboxylic acids is 1. The van der Waals surface area contributed by atoms with Gasteiger partial charge in [0.1, 0.15) is 0 Å². The van der Waals surface area contributed by atoms with Crippen molar-refractivity contribution in [2.24, 2.45) is 10.9 Å². The van der Waals surface area contributed by atoms with Crippen LogP contribution in [0.15, 0.2) is 4.99 Å². The Morgan fingerprint density at radius 3 is 2.44 bits per heavy atom. The lowest BCUT2D eigenvalue weighted by Crippen LogP contribution is -2.57. The Labute approximate surface area is 109 Å². The van der Waals surface area contributed by atoms with Crippen LogP contribution in [0.4, 0.5) is 0 Å². The molecule has 0 saturated heterocycles. The SMILES string of the molecule is C/N=C/C1(NC2CCC(C(=O)OC)CC2)CCC1. The average Bonchev–Trinajstić information content (AvgIpc) is 2.36. The molecule has 102 valence electrons. The molecule has 4 heteroatoms. The maximum atomic E-state index is 11.5. The van der Waals surface area contributed by atoms with Gasteiger partial charge in [0, 0.05) is 19.3 Å². The van der Waals surface area contributed by atoms with Crippen molar-refractivity contribution in [3.8, 4) is 0 Å². The highest BCUT2D eigenvalue weighted by Gasteiger charge is 2.38. The van der Waals surface area contributed by atoms with Crippen molar-refractivity contribution in [3.63, 3.8) is 0 Å². The highest BCUT2D eigenvalue weighted by Crippen LogP contribution is 2.33. The summed E-state index contributed by atoms with van der Waals surface area (Å²) in [6.45, 7) is 0. The first-order valence-corrected chi connectivity index (χ1v) is 6.98. The molecular weight excluding hydrogens is 228 g/mol. The lowest BCUT2D eigenvalue weighted by molar-refractivity contribution is -0.146. The van der Waals surface area contributed by atoms with Crippen LogP contribution in [0.25, 0.3) is 0 Å². The number of ether oxygens (including phenoxy) is 1. The van der Waals surface area contributed by atoms with E-state index in [0.29, 0.717) is 6.04 Å². The van der Waals surface area contributed by atoms with Crippen LogP contribution in [-0.4, -0.2) is 37.9 Å². The van der Waals surface area contributed by atoms with Gasteiger partial charge in [-0.2, -0.15) is 0 Å². The quantitative estimate of drug-likeness (QED) is 0.614. The first-order valence-electron chi connectivity index (χ1n) is 6.98. The van der Waals surface area contributed by atoms with Gasteiger partial charge < -0.3 is 10.1 Å². The van der Waals surface area contributed by atoms with E-state index in [9.17, 15) is 4.79 Å². The Morgan fingerprint density at radius 2 is 2.00 bits per heavy atom. The van der Waals surface area contributed by atoms with E-state index in [1.807, 2.05) is 7.05 Å². The number of methoxy groups -OCH3 is 1. The predicted molar refractivity (Wildman–Crippen MR) is 71.9 cm³/mol. The number of rotatable bonds is 4. The molecule has 0 aromatic rings. The fourth-order valence-corrected chi connectivity index (χ4v) is 3.16. The monoisotopic (exact) mass is 252 g/mol. The van der Waals surface area contributed by atoms with Crippen molar-refractivity contribution in [2.75, 3.05) is 14.2 Å². The molecule has 0 aromatic carbocycles. The standard InChI is InChI=1S/C14H24N2O2/c1-15-10-14(8-3-9-14)16-12-6-4-11(5-7-12)13(17)18-2/h10-12,16H,3-9H2,1-2H3/b15-10+. The summed E-state index contributed by atoms with van der Waals surface area (Å²) in [5.74, 6) is 0.0761. The van der Waals surface area contributed by atoms with Crippen LogP contribution >= 0.6 is 0 Å². The van der Waals surface area contributed by atoms with Crippen LogP contribution in [0.5, 0.6) is 0 Å². The third-order valence-corrected chi connectivity index (χ3v) is 4.38. The number of nitrogens with zero attached hydrogens (tertiary/aromatic N) is 1. The van der Waals surface area contributed by atoms with Gasteiger partial charge in [0.15, 0.2) is 0 Å². The van der Waals surface area contributed by atoms with Gasteiger partial charge >= 0.3 is 5.97 Å². The smallest absolute Gasteiger partial charge is 0.308 e. The Kier molecular flexibility index (Phi) is 4.38. The Hall–Kier alpha value is -0.900. The fourth-order valence-electron chi connectivity index (χ4n) is 3.16. The number of hydrogen-bond donors (Lipinski definition) is 1. The van der Waals surface area contributed by atoms with E-state index in [4.69, 9.17) is 4.74 Å². The summed E-state index contributed by atoms with van der Waals surface area (Å²) in [5, 5.41) is 3.75. The van der Waals surface area contributed by atoms with Gasteiger partial charge in [-0.25, -0.2) is 0 Å². The third-order valence-electron chi connectivity index (χ3n) is 4.38. The normalized spacial score (nSPS) is 31.0. The summed E-state index contributed by atoms with van der Waals surface area (Å²) in [5.41, 5.74) is 0.150. The second-order valence-electron chi connectivity index (χ2n) is 5.61. The molecule has 0 radical (unpaired) electrons. The van der Waals surface area contributed by atoms with Gasteiger partial charge in [0.2, 0.25) is 0 Å². The number of esters is 1. The molecule has 0 aliphatic heterocycles. The molecule has 2 fully saturated rings. The van der Waals surface area contributed by atoms with E-state index >= 15 is 0 Å². The maximum absolute atomic E-state index is 11.5. The van der Waals surface area contributed by atoms with E-state index in [0.717, 1.165) is 25.7 Å². The van der Waals surface area contributed by atoms with E-state index in [1.165, 1.54) is 26.4 Å². The molecule has 0 amide bonds. The highest BCUT2D eigenvalue weighted by atomic mass is 16.5. The largest absolute Gasteiger partial charge is 0.469 e. The van der Waals surface area contributed by atoms with Crippen molar-refractivity contribution in [3.05, 3.63) is 0 Å². The summed E-state index contributed by atoms with van der Waals surface area (Å²) >= 11 is 0. The zero-order chi connectivity index (χ0) is 13.0. The maximum Gasteiger partial charge on any atom is 0.308 e. The number of hydrogen-bond acceptors (Lipinski definition) is 4. The van der Waals surface area contributed by atoms with Crippen LogP contribution < -0.4 is 5.32 Å². The van der Waals surface area contributed by atoms with Crippen LogP contribution in [-0.2, 0) is 9.53 Å². The van der Waals surface area contributed by atoms with Crippen molar-refractivity contribution in [1.29, 1.82) is 0 Å². The molecule has 0 atom stereocenters. The van der Waals surface area contributed by atoms with E-state index < -0.39 is 0 Å². The molecule has 0 bridgehead atoms. The van der Waals surface area contributed by atoms with Gasteiger partial charge in [-0.1, -0.05) is 0 Å². The molecule has 4 nitrogen and oxygen atoms in total. The lowest BCUT2D eigenvalue weighted by atomic mass is 9.75. The molecular formula is C14H24N2O2. The van der Waals surface area contributed by atoms with Crippen molar-refractivity contribution in [2.45, 2.75) is 56.5 Å². The number of carbonyl (C=O) groups is 1. The molecule has 2 aliphatic carbocycles. The average molecular weight is 252 g/mol. The molecule has 0 aromatic heterocycles. The van der Waals surface area contributed by atoms with E-state index in [2.05, 4.69) is 16.5 Å². The van der Waals surface area contributed by atoms with Gasteiger partial charge in [0.05, 0.1) is 18.6 Å². The van der Waals surface area contributed by atoms with Gasteiger partial charge in [-0.3, -0.25) is 9.79 Å². The lowest BCUT2D eigenvalue weighted by Gasteiger charge is -2.43. The Bertz CT molecular complexity index is 316. The summed E-state index contributed by atoms with van der Waals surface area (Å²) in [6, 6.07) is 0.532. The molecule has 0 unspecified atom stereocenters. The number of aliphatic imine (C=N–C) groups is 1. The van der Waals surface area contributed by atoms with Crippen molar-refractivity contribution < 1.29 is 9.53 Å². The molecule has 2 rings (SSSR count). The molecule has 0 heterocycles. The summed E-state index contributed by atoms with van der Waals surface area (Å²) < 4.78 is 4.82. The number of nitrogens with one attached hydrogen (secondary N) is 1. The predicted octanol–water partition coefficient (Wildman–Crippen LogP) is 1.93. The van der Waals surface area contributed by atoms with E-state index in [-0.39, 0.29) is 17.4 Å². The molecule has 18 heavy (non-hydrogen) atoms. The van der Waals surface area contributed by atoms with E-state index in [1.54, 1.807) is 0 Å². The zero-order valence-electron chi connectivity index (χ0n) is 11.4. The summed E-state index contributed by atoms with van der Waals surface area (Å²) in [7, 11) is 3.32. The first kappa shape index (κ1) is 13.5. The minimum atomic E-state index is -0.0399.